The minimum absolute atomic E-state index is 0.151. The summed E-state index contributed by atoms with van der Waals surface area (Å²) in [6, 6.07) is 10.4. The average molecular weight is 367 g/mol. The summed E-state index contributed by atoms with van der Waals surface area (Å²) in [7, 11) is 1.54. The second-order valence-electron chi connectivity index (χ2n) is 4.89. The van der Waals surface area contributed by atoms with Gasteiger partial charge in [0.2, 0.25) is 0 Å². The summed E-state index contributed by atoms with van der Waals surface area (Å²) < 4.78 is 10.4. The number of hydrazone groups is 1. The fraction of sp³-hybridized carbons (Fsp3) is 0.176. The first-order valence-corrected chi connectivity index (χ1v) is 7.79. The molecule has 1 N–H and O–H groups in total. The summed E-state index contributed by atoms with van der Waals surface area (Å²) in [5.74, 6) is 0.765. The highest BCUT2D eigenvalue weighted by atomic mass is 35.5. The van der Waals surface area contributed by atoms with Gasteiger partial charge in [-0.15, -0.1) is 0 Å². The van der Waals surface area contributed by atoms with Gasteiger partial charge in [-0.2, -0.15) is 5.10 Å². The lowest BCUT2D eigenvalue weighted by molar-refractivity contribution is -0.123. The summed E-state index contributed by atoms with van der Waals surface area (Å²) in [4.78, 5) is 11.7. The third kappa shape index (κ3) is 5.15. The van der Waals surface area contributed by atoms with Gasteiger partial charge in [0, 0.05) is 5.02 Å². The lowest BCUT2D eigenvalue weighted by Crippen LogP contribution is -2.24. The number of nitrogens with zero attached hydrogens (tertiary/aromatic N) is 1. The number of aryl methyl sites for hydroxylation is 1. The molecule has 2 rings (SSSR count). The number of amides is 1. The number of nitrogens with one attached hydrogen (secondary N) is 1. The van der Waals surface area contributed by atoms with E-state index in [0.29, 0.717) is 21.5 Å². The highest BCUT2D eigenvalue weighted by Gasteiger charge is 2.04. The van der Waals surface area contributed by atoms with Gasteiger partial charge in [-0.1, -0.05) is 23.2 Å². The largest absolute Gasteiger partial charge is 0.495 e. The van der Waals surface area contributed by atoms with E-state index in [0.717, 1.165) is 11.1 Å². The van der Waals surface area contributed by atoms with E-state index in [1.165, 1.54) is 13.3 Å². The van der Waals surface area contributed by atoms with Gasteiger partial charge in [0.25, 0.3) is 5.91 Å². The Labute approximate surface area is 150 Å². The van der Waals surface area contributed by atoms with E-state index in [2.05, 4.69) is 10.5 Å². The number of carbonyl (C=O) groups is 1. The maximum Gasteiger partial charge on any atom is 0.277 e. The van der Waals surface area contributed by atoms with Crippen molar-refractivity contribution >= 4 is 35.3 Å². The zero-order valence-corrected chi connectivity index (χ0v) is 14.7. The molecule has 0 heterocycles. The first kappa shape index (κ1) is 18.1. The Bertz CT molecular complexity index is 763. The first-order chi connectivity index (χ1) is 11.5. The molecule has 0 unspecified atom stereocenters. The fourth-order valence-corrected chi connectivity index (χ4v) is 2.21. The van der Waals surface area contributed by atoms with Crippen LogP contribution >= 0.6 is 23.2 Å². The van der Waals surface area contributed by atoms with Crippen molar-refractivity contribution in [2.24, 2.45) is 5.10 Å². The van der Waals surface area contributed by atoms with E-state index in [-0.39, 0.29) is 12.5 Å². The van der Waals surface area contributed by atoms with Crippen molar-refractivity contribution in [3.05, 3.63) is 57.6 Å². The molecule has 7 heteroatoms. The van der Waals surface area contributed by atoms with Crippen LogP contribution in [-0.2, 0) is 4.79 Å². The van der Waals surface area contributed by atoms with Crippen molar-refractivity contribution < 1.29 is 14.3 Å². The molecule has 5 nitrogen and oxygen atoms in total. The molecule has 0 spiro atoms. The summed E-state index contributed by atoms with van der Waals surface area (Å²) in [5, 5.41) is 4.97. The molecule has 0 aromatic heterocycles. The second kappa shape index (κ2) is 8.57. The predicted octanol–water partition coefficient (Wildman–Crippen LogP) is 3.84. The number of methoxy groups -OCH3 is 1. The van der Waals surface area contributed by atoms with E-state index in [1.54, 1.807) is 36.4 Å². The Balaban J connectivity index is 1.84. The zero-order chi connectivity index (χ0) is 17.5. The average Bonchev–Trinajstić information content (AvgIpc) is 2.56. The third-order valence-corrected chi connectivity index (χ3v) is 3.80. The molecular formula is C17H16Cl2N2O3. The topological polar surface area (TPSA) is 59.9 Å². The van der Waals surface area contributed by atoms with Gasteiger partial charge in [-0.25, -0.2) is 5.43 Å². The molecule has 0 saturated heterocycles. The van der Waals surface area contributed by atoms with E-state index in [1.807, 2.05) is 6.92 Å². The Morgan fingerprint density at radius 3 is 2.67 bits per heavy atom. The summed E-state index contributed by atoms with van der Waals surface area (Å²) in [6.45, 7) is 1.71. The van der Waals surface area contributed by atoms with Crippen LogP contribution in [0.3, 0.4) is 0 Å². The quantitative estimate of drug-likeness (QED) is 0.623. The molecule has 0 fully saturated rings. The molecule has 24 heavy (non-hydrogen) atoms. The molecule has 0 saturated carbocycles. The lowest BCUT2D eigenvalue weighted by atomic mass is 10.2. The Morgan fingerprint density at radius 1 is 1.21 bits per heavy atom. The molecule has 0 aliphatic heterocycles. The zero-order valence-electron chi connectivity index (χ0n) is 13.2. The monoisotopic (exact) mass is 366 g/mol. The minimum Gasteiger partial charge on any atom is -0.495 e. The van der Waals surface area contributed by atoms with Crippen LogP contribution in [0.4, 0.5) is 0 Å². The van der Waals surface area contributed by atoms with Gasteiger partial charge in [0.15, 0.2) is 6.61 Å². The molecule has 126 valence electrons. The van der Waals surface area contributed by atoms with Gasteiger partial charge in [0.05, 0.1) is 18.3 Å². The smallest absolute Gasteiger partial charge is 0.277 e. The maximum absolute atomic E-state index is 11.7. The van der Waals surface area contributed by atoms with Crippen molar-refractivity contribution in [1.82, 2.24) is 5.43 Å². The first-order valence-electron chi connectivity index (χ1n) is 7.04. The third-order valence-electron chi connectivity index (χ3n) is 3.08. The van der Waals surface area contributed by atoms with Crippen molar-refractivity contribution in [3.8, 4) is 11.5 Å². The molecule has 0 aliphatic carbocycles. The van der Waals surface area contributed by atoms with E-state index >= 15 is 0 Å². The van der Waals surface area contributed by atoms with Crippen LogP contribution < -0.4 is 14.9 Å². The molecule has 2 aromatic rings. The second-order valence-corrected chi connectivity index (χ2v) is 5.70. The Hall–Kier alpha value is -2.24. The van der Waals surface area contributed by atoms with Crippen LogP contribution in [0.25, 0.3) is 0 Å². The lowest BCUT2D eigenvalue weighted by Gasteiger charge is -2.06. The van der Waals surface area contributed by atoms with Gasteiger partial charge in [-0.3, -0.25) is 4.79 Å². The predicted molar refractivity (Wildman–Crippen MR) is 95.4 cm³/mol. The normalized spacial score (nSPS) is 10.7. The summed E-state index contributed by atoms with van der Waals surface area (Å²) in [6.07, 6.45) is 1.48. The van der Waals surface area contributed by atoms with E-state index in [4.69, 9.17) is 32.7 Å². The van der Waals surface area contributed by atoms with Gasteiger partial charge >= 0.3 is 0 Å². The highest BCUT2D eigenvalue weighted by molar-refractivity contribution is 6.32. The molecule has 0 atom stereocenters. The van der Waals surface area contributed by atoms with Crippen LogP contribution in [0, 0.1) is 6.92 Å². The number of carbonyl (C=O) groups excluding carboxylic acids is 1. The number of hydrogen-bond acceptors (Lipinski definition) is 4. The molecule has 1 amide bonds. The van der Waals surface area contributed by atoms with Crippen LogP contribution in [0.1, 0.15) is 11.1 Å². The van der Waals surface area contributed by atoms with Gasteiger partial charge in [0.1, 0.15) is 11.5 Å². The van der Waals surface area contributed by atoms with Crippen molar-refractivity contribution in [1.29, 1.82) is 0 Å². The maximum atomic E-state index is 11.7. The van der Waals surface area contributed by atoms with Crippen LogP contribution in [0.2, 0.25) is 10.0 Å². The molecule has 2 aromatic carbocycles. The number of ether oxygens (including phenoxy) is 2. The van der Waals surface area contributed by atoms with Gasteiger partial charge < -0.3 is 9.47 Å². The standard InChI is InChI=1S/C17H16Cl2N2O3/c1-11-7-13(4-5-14(11)18)24-10-17(22)21-20-9-12-3-6-16(23-2)15(19)8-12/h3-9H,10H2,1-2H3,(H,21,22)/b20-9-. The number of halogens is 2. The molecule has 0 bridgehead atoms. The Morgan fingerprint density at radius 2 is 2.00 bits per heavy atom. The SMILES string of the molecule is COc1ccc(/C=N\NC(=O)COc2ccc(Cl)c(C)c2)cc1Cl. The van der Waals surface area contributed by atoms with E-state index in [9.17, 15) is 4.79 Å². The summed E-state index contributed by atoms with van der Waals surface area (Å²) >= 11 is 11.9. The van der Waals surface area contributed by atoms with E-state index < -0.39 is 0 Å². The van der Waals surface area contributed by atoms with Crippen molar-refractivity contribution in [3.63, 3.8) is 0 Å². The number of rotatable bonds is 6. The molecule has 0 radical (unpaired) electrons. The molecule has 0 aliphatic rings. The fourth-order valence-electron chi connectivity index (χ4n) is 1.83. The molecular weight excluding hydrogens is 351 g/mol. The minimum atomic E-state index is -0.376. The summed E-state index contributed by atoms with van der Waals surface area (Å²) in [5.41, 5.74) is 3.99. The van der Waals surface area contributed by atoms with Crippen LogP contribution in [0.5, 0.6) is 11.5 Å². The number of hydrogen-bond donors (Lipinski definition) is 1. The van der Waals surface area contributed by atoms with Crippen LogP contribution in [0.15, 0.2) is 41.5 Å². The van der Waals surface area contributed by atoms with Gasteiger partial charge in [-0.05, 0) is 54.4 Å². The van der Waals surface area contributed by atoms with Crippen LogP contribution in [-0.4, -0.2) is 25.8 Å². The van der Waals surface area contributed by atoms with Crippen molar-refractivity contribution in [2.75, 3.05) is 13.7 Å². The Kier molecular flexibility index (Phi) is 6.46. The van der Waals surface area contributed by atoms with Crippen molar-refractivity contribution in [2.45, 2.75) is 6.92 Å². The highest BCUT2D eigenvalue weighted by Crippen LogP contribution is 2.24. The number of benzene rings is 2.